The van der Waals surface area contributed by atoms with Gasteiger partial charge in [-0.3, -0.25) is 10.1 Å². The van der Waals surface area contributed by atoms with Crippen LogP contribution >= 0.6 is 11.3 Å². The number of aryl methyl sites for hydroxylation is 1. The Morgan fingerprint density at radius 3 is 2.56 bits per heavy atom. The summed E-state index contributed by atoms with van der Waals surface area (Å²) in [5.74, 6) is -3.08. The predicted octanol–water partition coefficient (Wildman–Crippen LogP) is 4.19. The summed E-state index contributed by atoms with van der Waals surface area (Å²) in [6, 6.07) is 10.2. The second-order valence-corrected chi connectivity index (χ2v) is 6.52. The maximum absolute atomic E-state index is 13.3. The van der Waals surface area contributed by atoms with Crippen LogP contribution in [0.3, 0.4) is 0 Å². The highest BCUT2D eigenvalue weighted by molar-refractivity contribution is 7.14. The van der Waals surface area contributed by atoms with E-state index in [9.17, 15) is 18.4 Å². The number of carbonyl (C=O) groups excluding carboxylic acids is 2. The van der Waals surface area contributed by atoms with Crippen LogP contribution in [0.4, 0.5) is 13.9 Å². The lowest BCUT2D eigenvalue weighted by Crippen LogP contribution is -2.20. The average Bonchev–Trinajstić information content (AvgIpc) is 3.11. The highest BCUT2D eigenvalue weighted by Crippen LogP contribution is 2.26. The van der Waals surface area contributed by atoms with Crippen molar-refractivity contribution in [1.29, 1.82) is 0 Å². The minimum atomic E-state index is -0.978. The summed E-state index contributed by atoms with van der Waals surface area (Å²) < 4.78 is 31.3. The number of carbonyl (C=O) groups is 2. The first-order chi connectivity index (χ1) is 12.9. The van der Waals surface area contributed by atoms with Gasteiger partial charge in [0, 0.05) is 10.9 Å². The van der Waals surface area contributed by atoms with Gasteiger partial charge in [-0.25, -0.2) is 18.6 Å². The first-order valence-corrected chi connectivity index (χ1v) is 8.75. The summed E-state index contributed by atoms with van der Waals surface area (Å²) in [6.45, 7) is 1.43. The van der Waals surface area contributed by atoms with E-state index in [1.165, 1.54) is 6.07 Å². The first-order valence-electron chi connectivity index (χ1n) is 7.87. The van der Waals surface area contributed by atoms with Crippen LogP contribution < -0.4 is 5.32 Å². The third-order valence-corrected chi connectivity index (χ3v) is 4.35. The van der Waals surface area contributed by atoms with E-state index in [1.807, 2.05) is 6.92 Å². The van der Waals surface area contributed by atoms with Crippen LogP contribution in [0.25, 0.3) is 11.3 Å². The van der Waals surface area contributed by atoms with Crippen molar-refractivity contribution in [3.63, 3.8) is 0 Å². The molecule has 1 heterocycles. The zero-order valence-electron chi connectivity index (χ0n) is 14.2. The van der Waals surface area contributed by atoms with Gasteiger partial charge in [0.2, 0.25) is 0 Å². The molecule has 3 rings (SSSR count). The molecule has 3 aromatic rings. The van der Waals surface area contributed by atoms with Crippen molar-refractivity contribution >= 4 is 28.3 Å². The predicted molar refractivity (Wildman–Crippen MR) is 97.6 cm³/mol. The van der Waals surface area contributed by atoms with E-state index in [1.54, 1.807) is 29.6 Å². The van der Waals surface area contributed by atoms with Crippen molar-refractivity contribution in [1.82, 2.24) is 4.98 Å². The molecule has 0 spiro atoms. The Morgan fingerprint density at radius 1 is 1.11 bits per heavy atom. The molecular formula is C19H14F2N2O3S. The molecule has 27 heavy (non-hydrogen) atoms. The molecule has 5 nitrogen and oxygen atoms in total. The number of ether oxygens (including phenoxy) is 1. The standard InChI is InChI=1S/C19H14F2N2O3S/c1-11-2-4-12(5-3-11)18(25)26-9-17(24)23-19-22-16(10-27-19)13-6-7-14(20)15(21)8-13/h2-8,10H,9H2,1H3,(H,22,23,24). The maximum atomic E-state index is 13.3. The van der Waals surface area contributed by atoms with E-state index in [4.69, 9.17) is 4.74 Å². The fourth-order valence-electron chi connectivity index (χ4n) is 2.18. The van der Waals surface area contributed by atoms with Gasteiger partial charge in [0.1, 0.15) is 0 Å². The van der Waals surface area contributed by atoms with Crippen LogP contribution in [0.1, 0.15) is 15.9 Å². The smallest absolute Gasteiger partial charge is 0.338 e. The number of hydrogen-bond acceptors (Lipinski definition) is 5. The summed E-state index contributed by atoms with van der Waals surface area (Å²) in [5.41, 5.74) is 2.13. The summed E-state index contributed by atoms with van der Waals surface area (Å²) in [6.07, 6.45) is 0. The molecule has 0 radical (unpaired) electrons. The van der Waals surface area contributed by atoms with Crippen molar-refractivity contribution in [3.05, 3.63) is 70.6 Å². The highest BCUT2D eigenvalue weighted by Gasteiger charge is 2.13. The van der Waals surface area contributed by atoms with E-state index in [0.717, 1.165) is 29.0 Å². The molecule has 1 amide bonds. The molecule has 1 aromatic heterocycles. The molecule has 0 aliphatic carbocycles. The molecule has 2 aromatic carbocycles. The number of nitrogens with zero attached hydrogens (tertiary/aromatic N) is 1. The second kappa shape index (κ2) is 8.05. The number of thiazole rings is 1. The van der Waals surface area contributed by atoms with Gasteiger partial charge in [0.15, 0.2) is 23.4 Å². The number of hydrogen-bond donors (Lipinski definition) is 1. The number of benzene rings is 2. The lowest BCUT2D eigenvalue weighted by atomic mass is 10.1. The minimum Gasteiger partial charge on any atom is -0.452 e. The summed E-state index contributed by atoms with van der Waals surface area (Å²) in [7, 11) is 0. The molecule has 0 atom stereocenters. The van der Waals surface area contributed by atoms with Gasteiger partial charge in [-0.05, 0) is 37.3 Å². The van der Waals surface area contributed by atoms with E-state index >= 15 is 0 Å². The first kappa shape index (κ1) is 18.7. The molecule has 0 bridgehead atoms. The highest BCUT2D eigenvalue weighted by atomic mass is 32.1. The molecule has 0 fully saturated rings. The second-order valence-electron chi connectivity index (χ2n) is 5.66. The number of rotatable bonds is 5. The number of nitrogens with one attached hydrogen (secondary N) is 1. The van der Waals surface area contributed by atoms with Crippen molar-refractivity contribution in [2.24, 2.45) is 0 Å². The Labute approximate surface area is 157 Å². The van der Waals surface area contributed by atoms with Crippen LogP contribution in [0.5, 0.6) is 0 Å². The summed E-state index contributed by atoms with van der Waals surface area (Å²) in [4.78, 5) is 27.9. The molecule has 1 N–H and O–H groups in total. The van der Waals surface area contributed by atoms with Gasteiger partial charge in [0.25, 0.3) is 5.91 Å². The van der Waals surface area contributed by atoms with Crippen molar-refractivity contribution in [2.75, 3.05) is 11.9 Å². The van der Waals surface area contributed by atoms with Crippen molar-refractivity contribution in [3.8, 4) is 11.3 Å². The van der Waals surface area contributed by atoms with E-state index in [-0.39, 0.29) is 5.13 Å². The zero-order valence-corrected chi connectivity index (χ0v) is 15.0. The van der Waals surface area contributed by atoms with Crippen LogP contribution in [-0.4, -0.2) is 23.5 Å². The Bertz CT molecular complexity index is 987. The minimum absolute atomic E-state index is 0.256. The van der Waals surface area contributed by atoms with Crippen molar-refractivity contribution in [2.45, 2.75) is 6.92 Å². The van der Waals surface area contributed by atoms with Gasteiger partial charge < -0.3 is 4.74 Å². The lowest BCUT2D eigenvalue weighted by molar-refractivity contribution is -0.119. The van der Waals surface area contributed by atoms with E-state index < -0.39 is 30.1 Å². The quantitative estimate of drug-likeness (QED) is 0.666. The van der Waals surface area contributed by atoms with Gasteiger partial charge in [0.05, 0.1) is 11.3 Å². The summed E-state index contributed by atoms with van der Waals surface area (Å²) >= 11 is 1.12. The fraction of sp³-hybridized carbons (Fsp3) is 0.105. The van der Waals surface area contributed by atoms with Gasteiger partial charge >= 0.3 is 5.97 Å². The molecule has 0 unspecified atom stereocenters. The Hall–Kier alpha value is -3.13. The monoisotopic (exact) mass is 388 g/mol. The zero-order chi connectivity index (χ0) is 19.4. The average molecular weight is 388 g/mol. The topological polar surface area (TPSA) is 68.3 Å². The molecule has 0 aliphatic rings. The maximum Gasteiger partial charge on any atom is 0.338 e. The Balaban J connectivity index is 1.57. The van der Waals surface area contributed by atoms with Crippen LogP contribution in [0.15, 0.2) is 47.8 Å². The largest absolute Gasteiger partial charge is 0.452 e. The molecule has 0 aliphatic heterocycles. The summed E-state index contributed by atoms with van der Waals surface area (Å²) in [5, 5.41) is 4.35. The van der Waals surface area contributed by atoms with E-state index in [2.05, 4.69) is 10.3 Å². The number of halogens is 2. The van der Waals surface area contributed by atoms with Crippen LogP contribution in [0, 0.1) is 18.6 Å². The van der Waals surface area contributed by atoms with Gasteiger partial charge in [-0.1, -0.05) is 17.7 Å². The molecule has 0 saturated heterocycles. The van der Waals surface area contributed by atoms with Gasteiger partial charge in [-0.2, -0.15) is 0 Å². The number of aromatic nitrogens is 1. The Kier molecular flexibility index (Phi) is 5.56. The molecule has 8 heteroatoms. The number of amides is 1. The van der Waals surface area contributed by atoms with E-state index in [0.29, 0.717) is 16.8 Å². The number of esters is 1. The normalized spacial score (nSPS) is 10.5. The third-order valence-electron chi connectivity index (χ3n) is 3.59. The lowest BCUT2D eigenvalue weighted by Gasteiger charge is -2.05. The van der Waals surface area contributed by atoms with Crippen LogP contribution in [-0.2, 0) is 9.53 Å². The molecule has 0 saturated carbocycles. The molecular weight excluding hydrogens is 374 g/mol. The Morgan fingerprint density at radius 2 is 1.85 bits per heavy atom. The van der Waals surface area contributed by atoms with Gasteiger partial charge in [-0.15, -0.1) is 11.3 Å². The third kappa shape index (κ3) is 4.73. The molecule has 138 valence electrons. The fourth-order valence-corrected chi connectivity index (χ4v) is 2.91. The van der Waals surface area contributed by atoms with Crippen molar-refractivity contribution < 1.29 is 23.1 Å². The van der Waals surface area contributed by atoms with Crippen LogP contribution in [0.2, 0.25) is 0 Å². The SMILES string of the molecule is Cc1ccc(C(=O)OCC(=O)Nc2nc(-c3ccc(F)c(F)c3)cs2)cc1. The number of anilines is 1.